The van der Waals surface area contributed by atoms with Crippen LogP contribution in [0, 0.1) is 5.82 Å². The number of hydrogen-bond acceptors (Lipinski definition) is 3. The van der Waals surface area contributed by atoms with Crippen LogP contribution in [-0.4, -0.2) is 32.7 Å². The van der Waals surface area contributed by atoms with Crippen molar-refractivity contribution in [1.82, 2.24) is 0 Å². The molecule has 20 heavy (non-hydrogen) atoms. The highest BCUT2D eigenvalue weighted by molar-refractivity contribution is 6.74. The second-order valence-electron chi connectivity index (χ2n) is 6.45. The number of ether oxygens (including phenoxy) is 1. The lowest BCUT2D eigenvalue weighted by Gasteiger charge is -2.38. The van der Waals surface area contributed by atoms with E-state index in [1.54, 1.807) is 12.1 Å². The van der Waals surface area contributed by atoms with Gasteiger partial charge in [0, 0.05) is 0 Å². The molecule has 0 amide bonds. The minimum atomic E-state index is -1.94. The minimum Gasteiger partial charge on any atom is -0.491 e. The summed E-state index contributed by atoms with van der Waals surface area (Å²) < 4.78 is 24.4. The normalized spacial score (nSPS) is 14.2. The molecule has 0 aromatic heterocycles. The maximum absolute atomic E-state index is 12.8. The fraction of sp³-hybridized carbons (Fsp3) is 0.600. The Labute approximate surface area is 121 Å². The Balaban J connectivity index is 2.58. The molecule has 1 atom stereocenters. The minimum absolute atomic E-state index is 0.0797. The number of benzene rings is 1. The topological polar surface area (TPSA) is 38.7 Å². The third kappa shape index (κ3) is 4.88. The van der Waals surface area contributed by atoms with E-state index >= 15 is 0 Å². The highest BCUT2D eigenvalue weighted by atomic mass is 28.4. The second-order valence-corrected chi connectivity index (χ2v) is 11.2. The quantitative estimate of drug-likeness (QED) is 0.816. The van der Waals surface area contributed by atoms with E-state index in [0.717, 1.165) is 0 Å². The molecule has 0 spiro atoms. The average Bonchev–Trinajstić information content (AvgIpc) is 2.35. The van der Waals surface area contributed by atoms with E-state index in [9.17, 15) is 9.50 Å². The molecular weight excluding hydrogens is 275 g/mol. The van der Waals surface area contributed by atoms with Gasteiger partial charge in [-0.1, -0.05) is 20.8 Å². The van der Waals surface area contributed by atoms with Gasteiger partial charge in [0.15, 0.2) is 8.32 Å². The zero-order chi connectivity index (χ0) is 15.4. The van der Waals surface area contributed by atoms with E-state index in [2.05, 4.69) is 33.9 Å². The predicted octanol–water partition coefficient (Wildman–Crippen LogP) is 3.59. The zero-order valence-electron chi connectivity index (χ0n) is 12.9. The molecule has 1 N–H and O–H groups in total. The van der Waals surface area contributed by atoms with E-state index in [4.69, 9.17) is 9.16 Å². The summed E-state index contributed by atoms with van der Waals surface area (Å²) in [5.74, 6) is 0.275. The van der Waals surface area contributed by atoms with Gasteiger partial charge in [-0.3, -0.25) is 0 Å². The molecule has 0 aliphatic rings. The molecule has 0 heterocycles. The summed E-state index contributed by atoms with van der Waals surface area (Å²) in [5, 5.41) is 9.51. The van der Waals surface area contributed by atoms with Crippen molar-refractivity contribution >= 4 is 8.32 Å². The van der Waals surface area contributed by atoms with Crippen molar-refractivity contribution < 1.29 is 18.7 Å². The largest absolute Gasteiger partial charge is 0.491 e. The van der Waals surface area contributed by atoms with Crippen LogP contribution in [0.1, 0.15) is 20.8 Å². The second kappa shape index (κ2) is 6.69. The van der Waals surface area contributed by atoms with Crippen LogP contribution in [0.5, 0.6) is 5.75 Å². The Morgan fingerprint density at radius 1 is 1.20 bits per heavy atom. The van der Waals surface area contributed by atoms with E-state index in [1.165, 1.54) is 12.1 Å². The summed E-state index contributed by atoms with van der Waals surface area (Å²) in [6, 6.07) is 5.82. The first-order chi connectivity index (χ1) is 9.15. The van der Waals surface area contributed by atoms with Gasteiger partial charge >= 0.3 is 0 Å². The van der Waals surface area contributed by atoms with Gasteiger partial charge in [-0.05, 0) is 42.4 Å². The lowest BCUT2D eigenvalue weighted by atomic mass is 10.2. The molecule has 0 fully saturated rings. The van der Waals surface area contributed by atoms with Crippen LogP contribution in [0.4, 0.5) is 4.39 Å². The third-order valence-electron chi connectivity index (χ3n) is 3.72. The highest BCUT2D eigenvalue weighted by Gasteiger charge is 2.39. The summed E-state index contributed by atoms with van der Waals surface area (Å²) in [7, 11) is -1.94. The molecule has 0 aliphatic carbocycles. The molecule has 1 rings (SSSR count). The molecule has 114 valence electrons. The lowest BCUT2D eigenvalue weighted by Crippen LogP contribution is -2.46. The van der Waals surface area contributed by atoms with Gasteiger partial charge in [-0.2, -0.15) is 0 Å². The van der Waals surface area contributed by atoms with Gasteiger partial charge in [0.25, 0.3) is 0 Å². The Kier molecular flexibility index (Phi) is 5.74. The first-order valence-corrected chi connectivity index (χ1v) is 9.73. The maximum atomic E-state index is 12.8. The first kappa shape index (κ1) is 17.1. The molecular formula is C15H25FO3Si. The number of aliphatic hydroxyl groups excluding tert-OH is 1. The summed E-state index contributed by atoms with van der Waals surface area (Å²) >= 11 is 0. The Bertz CT molecular complexity index is 412. The highest BCUT2D eigenvalue weighted by Crippen LogP contribution is 2.37. The lowest BCUT2D eigenvalue weighted by molar-refractivity contribution is 0.0614. The zero-order valence-corrected chi connectivity index (χ0v) is 13.9. The summed E-state index contributed by atoms with van der Waals surface area (Å²) in [4.78, 5) is 0. The van der Waals surface area contributed by atoms with Crippen molar-refractivity contribution in [2.45, 2.75) is 45.0 Å². The predicted molar refractivity (Wildman–Crippen MR) is 81.1 cm³/mol. The van der Waals surface area contributed by atoms with Crippen molar-refractivity contribution in [2.24, 2.45) is 0 Å². The van der Waals surface area contributed by atoms with Crippen molar-refractivity contribution in [3.63, 3.8) is 0 Å². The van der Waals surface area contributed by atoms with Crippen LogP contribution in [0.3, 0.4) is 0 Å². The smallest absolute Gasteiger partial charge is 0.192 e. The van der Waals surface area contributed by atoms with Crippen LogP contribution in [0.15, 0.2) is 24.3 Å². The first-order valence-electron chi connectivity index (χ1n) is 6.83. The monoisotopic (exact) mass is 300 g/mol. The molecule has 0 saturated heterocycles. The molecule has 0 unspecified atom stereocenters. The number of rotatable bonds is 6. The van der Waals surface area contributed by atoms with Gasteiger partial charge in [0.1, 0.15) is 24.3 Å². The van der Waals surface area contributed by atoms with Crippen LogP contribution in [0.2, 0.25) is 18.1 Å². The van der Waals surface area contributed by atoms with Gasteiger partial charge < -0.3 is 14.3 Å². The van der Waals surface area contributed by atoms with Crippen LogP contribution >= 0.6 is 0 Å². The van der Waals surface area contributed by atoms with Crippen LogP contribution in [0.25, 0.3) is 0 Å². The summed E-state index contributed by atoms with van der Waals surface area (Å²) in [5.41, 5.74) is 0. The summed E-state index contributed by atoms with van der Waals surface area (Å²) in [6.07, 6.45) is -0.360. The van der Waals surface area contributed by atoms with Crippen molar-refractivity contribution in [2.75, 3.05) is 13.2 Å². The van der Waals surface area contributed by atoms with E-state index in [0.29, 0.717) is 5.75 Å². The van der Waals surface area contributed by atoms with Crippen molar-refractivity contribution in [1.29, 1.82) is 0 Å². The molecule has 1 aromatic carbocycles. The molecule has 0 radical (unpaired) electrons. The fourth-order valence-corrected chi connectivity index (χ4v) is 2.77. The van der Waals surface area contributed by atoms with Gasteiger partial charge in [0.05, 0.1) is 6.61 Å². The molecule has 1 aromatic rings. The van der Waals surface area contributed by atoms with Crippen molar-refractivity contribution in [3.05, 3.63) is 30.1 Å². The standard InChI is InChI=1S/C15H25FO3Si/c1-15(2,3)20(4,5)19-14(10-17)11-18-13-8-6-12(16)7-9-13/h6-9,14,17H,10-11H2,1-5H3/t14-/m0/s1. The summed E-state index contributed by atoms with van der Waals surface area (Å²) in [6.45, 7) is 10.9. The van der Waals surface area contributed by atoms with Crippen molar-refractivity contribution in [3.8, 4) is 5.75 Å². The van der Waals surface area contributed by atoms with Gasteiger partial charge in [-0.25, -0.2) is 4.39 Å². The van der Waals surface area contributed by atoms with E-state index in [1.807, 2.05) is 0 Å². The van der Waals surface area contributed by atoms with Crippen LogP contribution in [-0.2, 0) is 4.43 Å². The van der Waals surface area contributed by atoms with Gasteiger partial charge in [0.2, 0.25) is 0 Å². The fourth-order valence-electron chi connectivity index (χ4n) is 1.44. The number of hydrogen-bond donors (Lipinski definition) is 1. The Morgan fingerprint density at radius 3 is 2.20 bits per heavy atom. The van der Waals surface area contributed by atoms with Gasteiger partial charge in [-0.15, -0.1) is 0 Å². The third-order valence-corrected chi connectivity index (χ3v) is 8.26. The van der Waals surface area contributed by atoms with E-state index < -0.39 is 8.32 Å². The number of halogens is 1. The maximum Gasteiger partial charge on any atom is 0.192 e. The van der Waals surface area contributed by atoms with Crippen LogP contribution < -0.4 is 4.74 Å². The molecule has 3 nitrogen and oxygen atoms in total. The molecule has 0 aliphatic heterocycles. The Hall–Kier alpha value is -0.913. The molecule has 0 saturated carbocycles. The average molecular weight is 300 g/mol. The van der Waals surface area contributed by atoms with E-state index in [-0.39, 0.29) is 30.2 Å². The number of aliphatic hydroxyl groups is 1. The molecule has 5 heteroatoms. The SMILES string of the molecule is CC(C)(C)[Si](C)(C)O[C@@H](CO)COc1ccc(F)cc1. The molecule has 0 bridgehead atoms. The Morgan fingerprint density at radius 2 is 1.75 bits per heavy atom.